The van der Waals surface area contributed by atoms with E-state index in [2.05, 4.69) is 6.92 Å². The molecule has 0 spiro atoms. The van der Waals surface area contributed by atoms with E-state index in [0.29, 0.717) is 0 Å². The Morgan fingerprint density at radius 3 is 1.17 bits per heavy atom. The minimum atomic E-state index is -1.36. The molecule has 0 radical (unpaired) electrons. The van der Waals surface area contributed by atoms with E-state index in [1.807, 2.05) is 0 Å². The third kappa shape index (κ3) is 32.7. The van der Waals surface area contributed by atoms with Crippen molar-refractivity contribution >= 4 is 11.9 Å². The van der Waals surface area contributed by atoms with Crippen LogP contribution in [0.5, 0.6) is 0 Å². The third-order valence-electron chi connectivity index (χ3n) is 6.53. The molecule has 0 aliphatic heterocycles. The number of allylic oxidation sites excluding steroid dienone is 1. The summed E-state index contributed by atoms with van der Waals surface area (Å²) in [6.07, 6.45) is 32.0. The number of rotatable bonds is 26. The minimum absolute atomic E-state index is 0. The first-order valence-electron chi connectivity index (χ1n) is 14.1. The van der Waals surface area contributed by atoms with E-state index in [-0.39, 0.29) is 59.1 Å². The molecule has 0 amide bonds. The molecular weight excluding hydrogens is 458 g/mol. The molecule has 35 heavy (non-hydrogen) atoms. The Hall–Kier alpha value is 0.680. The standard InChI is InChI=1S/C29H54O4.2Na/c1-2-3-4-5-6-7-8-9-10-11-12-13-14-15-16-17-18-19-20-21-22-23-24-25-27(29(32)33)26-28(30)31;;/h24-25,27H,2-23,26H2,1H3,(H,30,31)(H,32,33);;/q;2*+1/p-2/b25-24+;;. The molecule has 0 aromatic carbocycles. The Morgan fingerprint density at radius 1 is 0.571 bits per heavy atom. The van der Waals surface area contributed by atoms with Gasteiger partial charge < -0.3 is 19.8 Å². The smallest absolute Gasteiger partial charge is 0.550 e. The van der Waals surface area contributed by atoms with Crippen LogP contribution < -0.4 is 69.3 Å². The molecule has 194 valence electrons. The van der Waals surface area contributed by atoms with E-state index < -0.39 is 24.3 Å². The quantitative estimate of drug-likeness (QED) is 0.0973. The van der Waals surface area contributed by atoms with Crippen LogP contribution in [0.1, 0.15) is 155 Å². The fourth-order valence-electron chi connectivity index (χ4n) is 4.36. The molecule has 0 saturated carbocycles. The van der Waals surface area contributed by atoms with E-state index in [1.54, 1.807) is 6.08 Å². The van der Waals surface area contributed by atoms with Gasteiger partial charge in [-0.1, -0.05) is 147 Å². The van der Waals surface area contributed by atoms with Crippen LogP contribution in [0.25, 0.3) is 0 Å². The number of carboxylic acids is 2. The Balaban J connectivity index is -0.00000512. The summed E-state index contributed by atoms with van der Waals surface area (Å²) in [6.45, 7) is 2.28. The first kappa shape index (κ1) is 40.2. The maximum absolute atomic E-state index is 10.8. The van der Waals surface area contributed by atoms with Crippen LogP contribution in [0.15, 0.2) is 12.2 Å². The van der Waals surface area contributed by atoms with Crippen LogP contribution >= 0.6 is 0 Å². The van der Waals surface area contributed by atoms with Crippen LogP contribution in [-0.4, -0.2) is 11.9 Å². The number of carbonyl (C=O) groups is 2. The van der Waals surface area contributed by atoms with Crippen molar-refractivity contribution in [2.24, 2.45) is 5.92 Å². The second-order valence-electron chi connectivity index (χ2n) is 9.79. The average molecular weight is 511 g/mol. The van der Waals surface area contributed by atoms with Gasteiger partial charge in [-0.25, -0.2) is 0 Å². The average Bonchev–Trinajstić information content (AvgIpc) is 2.78. The van der Waals surface area contributed by atoms with E-state index in [4.69, 9.17) is 0 Å². The van der Waals surface area contributed by atoms with Crippen LogP contribution in [-0.2, 0) is 9.59 Å². The normalized spacial score (nSPS) is 11.7. The predicted molar refractivity (Wildman–Crippen MR) is 135 cm³/mol. The van der Waals surface area contributed by atoms with Crippen molar-refractivity contribution in [2.45, 2.75) is 155 Å². The molecule has 0 heterocycles. The topological polar surface area (TPSA) is 80.3 Å². The fraction of sp³-hybridized carbons (Fsp3) is 0.862. The van der Waals surface area contributed by atoms with Crippen molar-refractivity contribution in [3.8, 4) is 0 Å². The Labute approximate surface area is 261 Å². The van der Waals surface area contributed by atoms with Crippen molar-refractivity contribution in [3.63, 3.8) is 0 Å². The molecule has 4 nitrogen and oxygen atoms in total. The zero-order valence-electron chi connectivity index (χ0n) is 23.6. The molecule has 1 atom stereocenters. The van der Waals surface area contributed by atoms with E-state index in [1.165, 1.54) is 128 Å². The molecule has 0 rings (SSSR count). The number of carbonyl (C=O) groups excluding carboxylic acids is 2. The number of aliphatic carboxylic acids is 2. The van der Waals surface area contributed by atoms with Gasteiger partial charge in [-0.15, -0.1) is 0 Å². The van der Waals surface area contributed by atoms with E-state index in [0.717, 1.165) is 19.3 Å². The van der Waals surface area contributed by atoms with Gasteiger partial charge in [0.1, 0.15) is 0 Å². The molecule has 0 bridgehead atoms. The third-order valence-corrected chi connectivity index (χ3v) is 6.53. The summed E-state index contributed by atoms with van der Waals surface area (Å²) in [5.74, 6) is -3.79. The van der Waals surface area contributed by atoms with Gasteiger partial charge in [-0.3, -0.25) is 0 Å². The molecule has 0 fully saturated rings. The summed E-state index contributed by atoms with van der Waals surface area (Å²) in [4.78, 5) is 21.3. The van der Waals surface area contributed by atoms with Gasteiger partial charge in [0.2, 0.25) is 0 Å². The van der Waals surface area contributed by atoms with Gasteiger partial charge >= 0.3 is 59.1 Å². The molecule has 0 aromatic rings. The molecule has 6 heteroatoms. The zero-order valence-corrected chi connectivity index (χ0v) is 27.6. The van der Waals surface area contributed by atoms with Gasteiger partial charge in [0.15, 0.2) is 0 Å². The minimum Gasteiger partial charge on any atom is -0.550 e. The molecule has 0 N–H and O–H groups in total. The predicted octanol–water partition coefficient (Wildman–Crippen LogP) is 0.659. The van der Waals surface area contributed by atoms with Gasteiger partial charge in [0.05, 0.1) is 0 Å². The van der Waals surface area contributed by atoms with Gasteiger partial charge in [-0.2, -0.15) is 0 Å². The van der Waals surface area contributed by atoms with E-state index >= 15 is 0 Å². The molecule has 1 unspecified atom stereocenters. The number of hydrogen-bond donors (Lipinski definition) is 0. The molecule has 0 aliphatic carbocycles. The van der Waals surface area contributed by atoms with Crippen LogP contribution in [0.3, 0.4) is 0 Å². The van der Waals surface area contributed by atoms with Crippen molar-refractivity contribution in [1.29, 1.82) is 0 Å². The van der Waals surface area contributed by atoms with Gasteiger partial charge in [-0.05, 0) is 19.3 Å². The Morgan fingerprint density at radius 2 is 0.886 bits per heavy atom. The Bertz CT molecular complexity index is 483. The second kappa shape index (κ2) is 32.7. The van der Waals surface area contributed by atoms with Crippen LogP contribution in [0.4, 0.5) is 0 Å². The summed E-state index contributed by atoms with van der Waals surface area (Å²) in [5, 5.41) is 21.3. The Kier molecular flexibility index (Phi) is 37.6. The zero-order chi connectivity index (χ0) is 24.4. The summed E-state index contributed by atoms with van der Waals surface area (Å²) < 4.78 is 0. The van der Waals surface area contributed by atoms with Gasteiger partial charge in [0.25, 0.3) is 0 Å². The SMILES string of the molecule is CCCCCCCCCCCCCCCCCCCCCCC/C=C/C(CC(=O)[O-])C(=O)[O-].[Na+].[Na+]. The summed E-state index contributed by atoms with van der Waals surface area (Å²) in [6, 6.07) is 0. The van der Waals surface area contributed by atoms with Crippen molar-refractivity contribution in [1.82, 2.24) is 0 Å². The summed E-state index contributed by atoms with van der Waals surface area (Å²) in [7, 11) is 0. The molecule has 0 saturated heterocycles. The molecule has 0 aromatic heterocycles. The maximum Gasteiger partial charge on any atom is 1.00 e. The maximum atomic E-state index is 10.8. The molecule has 0 aliphatic rings. The fourth-order valence-corrected chi connectivity index (χ4v) is 4.36. The first-order valence-corrected chi connectivity index (χ1v) is 14.1. The molecular formula is C29H52Na2O4. The van der Waals surface area contributed by atoms with Crippen molar-refractivity contribution in [2.75, 3.05) is 0 Å². The number of unbranched alkanes of at least 4 members (excludes halogenated alkanes) is 21. The number of carboxylic acid groups (broad SMARTS) is 2. The largest absolute Gasteiger partial charge is 1.00 e. The van der Waals surface area contributed by atoms with Crippen molar-refractivity contribution < 1.29 is 78.9 Å². The summed E-state index contributed by atoms with van der Waals surface area (Å²) in [5.41, 5.74) is 0. The van der Waals surface area contributed by atoms with Gasteiger partial charge in [0, 0.05) is 17.9 Å². The summed E-state index contributed by atoms with van der Waals surface area (Å²) >= 11 is 0. The number of hydrogen-bond acceptors (Lipinski definition) is 4. The second-order valence-corrected chi connectivity index (χ2v) is 9.79. The van der Waals surface area contributed by atoms with E-state index in [9.17, 15) is 19.8 Å². The van der Waals surface area contributed by atoms with Crippen LogP contribution in [0, 0.1) is 5.92 Å². The first-order chi connectivity index (χ1) is 16.1. The monoisotopic (exact) mass is 510 g/mol. The van der Waals surface area contributed by atoms with Crippen molar-refractivity contribution in [3.05, 3.63) is 12.2 Å². The van der Waals surface area contributed by atoms with Crippen LogP contribution in [0.2, 0.25) is 0 Å².